The zero-order valence-corrected chi connectivity index (χ0v) is 23.3. The third kappa shape index (κ3) is 11.3. The molecule has 3 rings (SSSR count). The van der Waals surface area contributed by atoms with Crippen LogP contribution in [0.5, 0.6) is 0 Å². The highest BCUT2D eigenvalue weighted by atomic mass is 16.5. The molecule has 2 aromatic heterocycles. The van der Waals surface area contributed by atoms with Gasteiger partial charge in [-0.2, -0.15) is 10.4 Å². The van der Waals surface area contributed by atoms with Crippen LogP contribution in [-0.2, 0) is 9.47 Å². The van der Waals surface area contributed by atoms with Crippen LogP contribution in [0.15, 0.2) is 49.9 Å². The molecule has 204 valence electrons. The average molecular weight is 513 g/mol. The molecule has 2 aromatic rings. The number of carbonyl (C=O) groups excluding carboxylic acids is 1. The van der Waals surface area contributed by atoms with Gasteiger partial charge in [0.05, 0.1) is 48.1 Å². The van der Waals surface area contributed by atoms with Gasteiger partial charge in [-0.15, -0.1) is 6.58 Å². The van der Waals surface area contributed by atoms with Gasteiger partial charge in [-0.25, -0.2) is 9.31 Å². The number of hydrogen-bond acceptors (Lipinski definition) is 7. The molecule has 2 N–H and O–H groups in total. The second-order valence-corrected chi connectivity index (χ2v) is 7.16. The number of morpholine rings is 1. The lowest BCUT2D eigenvalue weighted by Crippen LogP contribution is -2.38. The highest BCUT2D eigenvalue weighted by molar-refractivity contribution is 5.91. The predicted molar refractivity (Wildman–Crippen MR) is 153 cm³/mol. The molecular weight excluding hydrogens is 468 g/mol. The predicted octanol–water partition coefficient (Wildman–Crippen LogP) is 5.79. The molecule has 3 heterocycles. The normalized spacial score (nSPS) is 12.5. The van der Waals surface area contributed by atoms with Crippen LogP contribution >= 0.6 is 0 Å². The Bertz CT molecular complexity index is 1020. The van der Waals surface area contributed by atoms with E-state index in [0.717, 1.165) is 30.6 Å². The van der Waals surface area contributed by atoms with Crippen LogP contribution < -0.4 is 10.6 Å². The maximum atomic E-state index is 12.1. The van der Waals surface area contributed by atoms with Crippen molar-refractivity contribution in [3.63, 3.8) is 0 Å². The zero-order chi connectivity index (χ0) is 28.1. The van der Waals surface area contributed by atoms with E-state index in [9.17, 15) is 10.1 Å². The Hall–Kier alpha value is -3.61. The molecule has 1 saturated heterocycles. The summed E-state index contributed by atoms with van der Waals surface area (Å²) >= 11 is 0. The fourth-order valence-electron chi connectivity index (χ4n) is 3.26. The number of allylic oxidation sites excluding steroid dienone is 4. The second kappa shape index (κ2) is 20.6. The number of hydrogen-bond donors (Lipinski definition) is 2. The van der Waals surface area contributed by atoms with Crippen molar-refractivity contribution in [1.82, 2.24) is 14.5 Å². The van der Waals surface area contributed by atoms with Gasteiger partial charge in [-0.3, -0.25) is 10.2 Å². The van der Waals surface area contributed by atoms with Crippen molar-refractivity contribution in [2.24, 2.45) is 0 Å². The van der Waals surface area contributed by atoms with Crippen molar-refractivity contribution in [2.75, 3.05) is 57.1 Å². The van der Waals surface area contributed by atoms with Crippen LogP contribution in [0.2, 0.25) is 0 Å². The van der Waals surface area contributed by atoms with E-state index in [4.69, 9.17) is 9.47 Å². The number of rotatable bonds is 8. The molecule has 0 atom stereocenters. The number of nitriles is 1. The van der Waals surface area contributed by atoms with Gasteiger partial charge in [0.2, 0.25) is 0 Å². The summed E-state index contributed by atoms with van der Waals surface area (Å²) in [7, 11) is 1.75. The zero-order valence-electron chi connectivity index (χ0n) is 23.3. The van der Waals surface area contributed by atoms with E-state index in [1.165, 1.54) is 6.20 Å². The number of nitrogens with one attached hydrogen (secondary N) is 2. The van der Waals surface area contributed by atoms with Gasteiger partial charge in [-0.05, 0) is 13.3 Å². The molecule has 1 amide bonds. The van der Waals surface area contributed by atoms with Crippen molar-refractivity contribution in [3.05, 3.63) is 61.0 Å². The number of ether oxygens (including phenoxy) is 2. The summed E-state index contributed by atoms with van der Waals surface area (Å²) in [6.07, 6.45) is 11.1. The Morgan fingerprint density at radius 2 is 1.95 bits per heavy atom. The Morgan fingerprint density at radius 3 is 2.51 bits per heavy atom. The number of nitrogens with zero attached hydrogens (tertiary/aromatic N) is 4. The Morgan fingerprint density at radius 1 is 1.27 bits per heavy atom. The van der Waals surface area contributed by atoms with Gasteiger partial charge in [0.1, 0.15) is 12.7 Å². The van der Waals surface area contributed by atoms with Gasteiger partial charge in [0.25, 0.3) is 0 Å². The Labute approximate surface area is 222 Å². The fraction of sp³-hybridized carbons (Fsp3) is 0.464. The molecule has 0 saturated carbocycles. The quantitative estimate of drug-likeness (QED) is 0.340. The molecule has 9 nitrogen and oxygen atoms in total. The molecule has 1 fully saturated rings. The van der Waals surface area contributed by atoms with Crippen LogP contribution in [0.3, 0.4) is 0 Å². The highest BCUT2D eigenvalue weighted by Crippen LogP contribution is 2.29. The molecule has 0 aromatic carbocycles. The van der Waals surface area contributed by atoms with Crippen LogP contribution in [0.4, 0.5) is 16.2 Å². The van der Waals surface area contributed by atoms with Gasteiger partial charge in [0, 0.05) is 32.2 Å². The highest BCUT2D eigenvalue weighted by Gasteiger charge is 2.17. The summed E-state index contributed by atoms with van der Waals surface area (Å²) in [5.74, 6) is 0. The first-order chi connectivity index (χ1) is 18.0. The van der Waals surface area contributed by atoms with Crippen LogP contribution in [-0.4, -0.2) is 67.1 Å². The van der Waals surface area contributed by atoms with Gasteiger partial charge in [-0.1, -0.05) is 58.6 Å². The number of amides is 1. The summed E-state index contributed by atoms with van der Waals surface area (Å²) in [5.41, 5.74) is 3.27. The van der Waals surface area contributed by atoms with Crippen molar-refractivity contribution in [3.8, 4) is 6.07 Å². The third-order valence-electron chi connectivity index (χ3n) is 4.98. The average Bonchev–Trinajstić information content (AvgIpc) is 3.26. The summed E-state index contributed by atoms with van der Waals surface area (Å²) in [6, 6.07) is 2.11. The standard InChI is InChI=1S/C17H22N6O3.C7H10.2C2H6/c1-12-14(11-23-16(12)15(19-2)13(9-18)10-20-23)21-17(24)26-8-5-22-3-6-25-7-4-22;1-3-5-7-6-4-2;2*1-2/h10-11,19H,3-8H2,1-2H3,(H,21,24);3-5,7H,1-2,6H2;2*1-2H3. The van der Waals surface area contributed by atoms with Gasteiger partial charge < -0.3 is 14.8 Å². The summed E-state index contributed by atoms with van der Waals surface area (Å²) in [5, 5.41) is 19.2. The van der Waals surface area contributed by atoms with E-state index in [1.807, 2.05) is 52.8 Å². The van der Waals surface area contributed by atoms with E-state index >= 15 is 0 Å². The number of aryl methyl sites for hydroxylation is 1. The molecule has 9 heteroatoms. The largest absolute Gasteiger partial charge is 0.448 e. The second-order valence-electron chi connectivity index (χ2n) is 7.16. The minimum absolute atomic E-state index is 0.316. The minimum Gasteiger partial charge on any atom is -0.448 e. The molecule has 0 aliphatic carbocycles. The van der Waals surface area contributed by atoms with Crippen LogP contribution in [0.25, 0.3) is 5.52 Å². The molecule has 37 heavy (non-hydrogen) atoms. The van der Waals surface area contributed by atoms with Crippen molar-refractivity contribution < 1.29 is 14.3 Å². The first kappa shape index (κ1) is 33.4. The van der Waals surface area contributed by atoms with E-state index in [2.05, 4.69) is 39.9 Å². The lowest BCUT2D eigenvalue weighted by Gasteiger charge is -2.26. The number of aromatic nitrogens is 2. The van der Waals surface area contributed by atoms with Crippen molar-refractivity contribution >= 4 is 23.0 Å². The first-order valence-corrected chi connectivity index (χ1v) is 12.8. The molecule has 1 aliphatic heterocycles. The third-order valence-corrected chi connectivity index (χ3v) is 4.98. The number of carbonyl (C=O) groups is 1. The summed E-state index contributed by atoms with van der Waals surface area (Å²) in [4.78, 5) is 14.3. The maximum Gasteiger partial charge on any atom is 0.411 e. The molecule has 0 bridgehead atoms. The van der Waals surface area contributed by atoms with E-state index in [0.29, 0.717) is 43.3 Å². The molecule has 0 spiro atoms. The topological polar surface area (TPSA) is 104 Å². The molecular formula is C28H44N6O3. The van der Waals surface area contributed by atoms with Crippen molar-refractivity contribution in [1.29, 1.82) is 5.26 Å². The molecule has 0 radical (unpaired) electrons. The maximum absolute atomic E-state index is 12.1. The Kier molecular flexibility index (Phi) is 18.6. The summed E-state index contributed by atoms with van der Waals surface area (Å²) in [6.45, 7) is 21.1. The fourth-order valence-corrected chi connectivity index (χ4v) is 3.26. The van der Waals surface area contributed by atoms with Crippen LogP contribution in [0.1, 0.15) is 45.2 Å². The molecule has 1 aliphatic rings. The molecule has 0 unspecified atom stereocenters. The first-order valence-electron chi connectivity index (χ1n) is 12.8. The lowest BCUT2D eigenvalue weighted by molar-refractivity contribution is 0.0290. The van der Waals surface area contributed by atoms with E-state index < -0.39 is 6.09 Å². The minimum atomic E-state index is -0.510. The van der Waals surface area contributed by atoms with E-state index in [1.54, 1.807) is 23.8 Å². The number of fused-ring (bicyclic) bond motifs is 1. The number of anilines is 2. The van der Waals surface area contributed by atoms with Crippen molar-refractivity contribution in [2.45, 2.75) is 41.0 Å². The van der Waals surface area contributed by atoms with E-state index in [-0.39, 0.29) is 0 Å². The SMILES string of the molecule is C=CC=CCC=C.CC.CC.CNc1c(C#N)cnn2cc(NC(=O)OCCN3CCOCC3)c(C)c12. The monoisotopic (exact) mass is 512 g/mol. The lowest BCUT2D eigenvalue weighted by atomic mass is 10.2. The van der Waals surface area contributed by atoms with Crippen LogP contribution in [0, 0.1) is 18.3 Å². The van der Waals surface area contributed by atoms with Gasteiger partial charge >= 0.3 is 6.09 Å². The smallest absolute Gasteiger partial charge is 0.411 e. The summed E-state index contributed by atoms with van der Waals surface area (Å²) < 4.78 is 12.2. The van der Waals surface area contributed by atoms with Gasteiger partial charge in [0.15, 0.2) is 0 Å². The Balaban J connectivity index is 0.00000101.